The Kier molecular flexibility index (Phi) is 8.51. The number of hydrogen-bond donors (Lipinski definition) is 3. The standard InChI is InChI=1S/C24H25ClF5N3O5/c1-3-7-23(20(36)37)15(11-38-21-31-8-4-9-32-21)33-14(10-26)22(2,19(34)35)18(23)16-13(27)6-5-12(25)17(16)24(28,29)30/h4-6,8-9,14-15,18,33H,3,7,10-11H2,1-2H3,(H,34,35)(H,36,37). The van der Waals surface area contributed by atoms with E-state index in [1.807, 2.05) is 0 Å². The fourth-order valence-electron chi connectivity index (χ4n) is 5.50. The summed E-state index contributed by atoms with van der Waals surface area (Å²) < 4.78 is 78.3. The second kappa shape index (κ2) is 11.0. The molecule has 1 fully saturated rings. The molecule has 1 aliphatic rings. The number of carbonyl (C=O) groups is 2. The quantitative estimate of drug-likeness (QED) is 0.373. The van der Waals surface area contributed by atoms with Crippen molar-refractivity contribution in [3.63, 3.8) is 0 Å². The molecule has 38 heavy (non-hydrogen) atoms. The highest BCUT2D eigenvalue weighted by Crippen LogP contribution is 2.60. The molecule has 0 bridgehead atoms. The van der Waals surface area contributed by atoms with Crippen molar-refractivity contribution in [2.24, 2.45) is 10.8 Å². The molecule has 0 spiro atoms. The van der Waals surface area contributed by atoms with E-state index in [0.717, 1.165) is 6.92 Å². The van der Waals surface area contributed by atoms with Crippen molar-refractivity contribution in [1.29, 1.82) is 0 Å². The Bertz CT molecular complexity index is 1190. The van der Waals surface area contributed by atoms with Crippen LogP contribution in [0.5, 0.6) is 6.01 Å². The molecule has 0 saturated carbocycles. The van der Waals surface area contributed by atoms with Crippen LogP contribution in [0.1, 0.15) is 43.7 Å². The first-order valence-corrected chi connectivity index (χ1v) is 11.9. The molecule has 208 valence electrons. The third-order valence-electron chi connectivity index (χ3n) is 7.17. The number of halogens is 6. The Labute approximate surface area is 219 Å². The second-order valence-corrected chi connectivity index (χ2v) is 9.61. The fourth-order valence-corrected chi connectivity index (χ4v) is 5.77. The van der Waals surface area contributed by atoms with E-state index in [2.05, 4.69) is 15.3 Å². The molecule has 3 N–H and O–H groups in total. The van der Waals surface area contributed by atoms with Gasteiger partial charge in [0.25, 0.3) is 0 Å². The van der Waals surface area contributed by atoms with Crippen molar-refractivity contribution < 1.29 is 46.5 Å². The molecule has 2 aromatic rings. The average Bonchev–Trinajstić information content (AvgIpc) is 2.85. The summed E-state index contributed by atoms with van der Waals surface area (Å²) in [5, 5.41) is 22.5. The van der Waals surface area contributed by atoms with E-state index in [-0.39, 0.29) is 12.4 Å². The molecular weight excluding hydrogens is 541 g/mol. The molecule has 2 heterocycles. The highest BCUT2D eigenvalue weighted by Gasteiger charge is 2.68. The van der Waals surface area contributed by atoms with E-state index >= 15 is 4.39 Å². The maximum atomic E-state index is 15.5. The molecule has 5 unspecified atom stereocenters. The third kappa shape index (κ3) is 4.89. The Morgan fingerprint density at radius 3 is 2.29 bits per heavy atom. The first kappa shape index (κ1) is 29.5. The lowest BCUT2D eigenvalue weighted by Gasteiger charge is -2.57. The van der Waals surface area contributed by atoms with E-state index in [1.54, 1.807) is 0 Å². The monoisotopic (exact) mass is 565 g/mol. The molecule has 0 amide bonds. The van der Waals surface area contributed by atoms with Crippen molar-refractivity contribution in [3.8, 4) is 6.01 Å². The minimum Gasteiger partial charge on any atom is -0.481 e. The van der Waals surface area contributed by atoms with Crippen LogP contribution in [0.2, 0.25) is 5.02 Å². The number of ether oxygens (including phenoxy) is 1. The number of aromatic nitrogens is 2. The summed E-state index contributed by atoms with van der Waals surface area (Å²) in [4.78, 5) is 33.5. The van der Waals surface area contributed by atoms with Gasteiger partial charge in [-0.3, -0.25) is 9.59 Å². The van der Waals surface area contributed by atoms with Gasteiger partial charge in [-0.1, -0.05) is 24.9 Å². The largest absolute Gasteiger partial charge is 0.481 e. The van der Waals surface area contributed by atoms with Crippen molar-refractivity contribution in [2.45, 2.75) is 50.9 Å². The van der Waals surface area contributed by atoms with Gasteiger partial charge in [-0.25, -0.2) is 18.7 Å². The zero-order valence-corrected chi connectivity index (χ0v) is 21.0. The second-order valence-electron chi connectivity index (χ2n) is 9.20. The number of rotatable bonds is 9. The number of aliphatic carboxylic acids is 2. The van der Waals surface area contributed by atoms with Crippen molar-refractivity contribution in [2.75, 3.05) is 13.3 Å². The van der Waals surface area contributed by atoms with Crippen LogP contribution in [0.4, 0.5) is 22.0 Å². The minimum atomic E-state index is -5.30. The summed E-state index contributed by atoms with van der Waals surface area (Å²) in [5.74, 6) is -7.31. The van der Waals surface area contributed by atoms with Gasteiger partial charge in [-0.05, 0) is 31.5 Å². The number of hydrogen-bond acceptors (Lipinski definition) is 6. The predicted molar refractivity (Wildman–Crippen MR) is 124 cm³/mol. The van der Waals surface area contributed by atoms with Crippen LogP contribution in [-0.4, -0.2) is 57.5 Å². The summed E-state index contributed by atoms with van der Waals surface area (Å²) in [5.41, 5.74) is -7.99. The van der Waals surface area contributed by atoms with Gasteiger partial charge in [0, 0.05) is 23.9 Å². The molecule has 14 heteroatoms. The van der Waals surface area contributed by atoms with Crippen LogP contribution in [0.15, 0.2) is 30.6 Å². The lowest BCUT2D eigenvalue weighted by atomic mass is 9.50. The predicted octanol–water partition coefficient (Wildman–Crippen LogP) is 4.72. The molecule has 1 saturated heterocycles. The maximum Gasteiger partial charge on any atom is 0.418 e. The van der Waals surface area contributed by atoms with E-state index in [4.69, 9.17) is 16.3 Å². The first-order chi connectivity index (χ1) is 17.8. The molecule has 0 radical (unpaired) electrons. The summed E-state index contributed by atoms with van der Waals surface area (Å²) in [6.45, 7) is 0.395. The summed E-state index contributed by atoms with van der Waals surface area (Å²) >= 11 is 5.86. The van der Waals surface area contributed by atoms with Gasteiger partial charge in [-0.2, -0.15) is 13.2 Å². The smallest absolute Gasteiger partial charge is 0.418 e. The van der Waals surface area contributed by atoms with Crippen LogP contribution >= 0.6 is 11.6 Å². The Morgan fingerprint density at radius 2 is 1.79 bits per heavy atom. The lowest BCUT2D eigenvalue weighted by Crippen LogP contribution is -2.72. The summed E-state index contributed by atoms with van der Waals surface area (Å²) in [6.07, 6.45) is -3.06. The number of alkyl halides is 4. The van der Waals surface area contributed by atoms with Crippen molar-refractivity contribution in [3.05, 3.63) is 52.6 Å². The van der Waals surface area contributed by atoms with Gasteiger partial charge in [0.2, 0.25) is 0 Å². The highest BCUT2D eigenvalue weighted by molar-refractivity contribution is 6.31. The minimum absolute atomic E-state index is 0.0301. The van der Waals surface area contributed by atoms with Gasteiger partial charge < -0.3 is 20.3 Å². The third-order valence-corrected chi connectivity index (χ3v) is 7.49. The van der Waals surface area contributed by atoms with Gasteiger partial charge >= 0.3 is 24.1 Å². The molecule has 5 atom stereocenters. The number of carboxylic acid groups (broad SMARTS) is 2. The normalized spacial score (nSPS) is 27.6. The van der Waals surface area contributed by atoms with Crippen LogP contribution in [0, 0.1) is 16.6 Å². The van der Waals surface area contributed by atoms with E-state index in [1.165, 1.54) is 25.4 Å². The van der Waals surface area contributed by atoms with E-state index in [0.29, 0.717) is 12.1 Å². The number of benzene rings is 1. The van der Waals surface area contributed by atoms with Crippen LogP contribution in [0.25, 0.3) is 0 Å². The molecule has 1 aromatic heterocycles. The van der Waals surface area contributed by atoms with Crippen molar-refractivity contribution >= 4 is 23.5 Å². The highest BCUT2D eigenvalue weighted by atomic mass is 35.5. The van der Waals surface area contributed by atoms with Gasteiger partial charge in [0.05, 0.1) is 33.5 Å². The van der Waals surface area contributed by atoms with Gasteiger partial charge in [-0.15, -0.1) is 0 Å². The lowest BCUT2D eigenvalue weighted by molar-refractivity contribution is -0.176. The Hall–Kier alpha value is -3.06. The topological polar surface area (TPSA) is 122 Å². The number of piperidine rings is 1. The van der Waals surface area contributed by atoms with Gasteiger partial charge in [0.15, 0.2) is 0 Å². The van der Waals surface area contributed by atoms with E-state index < -0.39 is 88.6 Å². The first-order valence-electron chi connectivity index (χ1n) is 11.5. The Morgan fingerprint density at radius 1 is 1.16 bits per heavy atom. The Balaban J connectivity index is 2.41. The number of nitrogens with zero attached hydrogens (tertiary/aromatic N) is 2. The molecule has 1 aromatic carbocycles. The SMILES string of the molecule is CCCC1(C(=O)O)C(COc2ncccn2)NC(CF)C(C)(C(=O)O)C1c1c(F)ccc(Cl)c1C(F)(F)F. The number of nitrogens with one attached hydrogen (secondary N) is 1. The molecule has 0 aliphatic carbocycles. The summed E-state index contributed by atoms with van der Waals surface area (Å²) in [6, 6.07) is -0.734. The molecular formula is C24H25ClF5N3O5. The fraction of sp³-hybridized carbons (Fsp3) is 0.500. The zero-order chi connectivity index (χ0) is 28.5. The van der Waals surface area contributed by atoms with Crippen molar-refractivity contribution in [1.82, 2.24) is 15.3 Å². The maximum absolute atomic E-state index is 15.5. The number of carboxylic acids is 2. The van der Waals surface area contributed by atoms with Crippen LogP contribution in [-0.2, 0) is 15.8 Å². The van der Waals surface area contributed by atoms with E-state index in [9.17, 15) is 37.4 Å². The van der Waals surface area contributed by atoms with Gasteiger partial charge in [0.1, 0.15) is 19.1 Å². The average molecular weight is 566 g/mol. The van der Waals surface area contributed by atoms with Crippen LogP contribution < -0.4 is 10.1 Å². The molecule has 1 aliphatic heterocycles. The molecule has 8 nitrogen and oxygen atoms in total. The zero-order valence-electron chi connectivity index (χ0n) is 20.2. The summed E-state index contributed by atoms with van der Waals surface area (Å²) in [7, 11) is 0. The molecule has 3 rings (SSSR count). The van der Waals surface area contributed by atoms with Crippen LogP contribution in [0.3, 0.4) is 0 Å².